The molecule has 0 spiro atoms. The van der Waals surface area contributed by atoms with Crippen molar-refractivity contribution in [1.29, 1.82) is 0 Å². The lowest BCUT2D eigenvalue weighted by molar-refractivity contribution is -0.167. The van der Waals surface area contributed by atoms with Crippen LogP contribution in [0.2, 0.25) is 0 Å². The predicted octanol–water partition coefficient (Wildman–Crippen LogP) is 22.3. The molecule has 75 heavy (non-hydrogen) atoms. The Morgan fingerprint density at radius 1 is 0.280 bits per heavy atom. The number of carbonyl (C=O) groups is 3. The van der Waals surface area contributed by atoms with Crippen LogP contribution in [-0.2, 0) is 28.6 Å². The molecule has 0 aliphatic carbocycles. The van der Waals surface area contributed by atoms with Crippen molar-refractivity contribution in [2.75, 3.05) is 13.2 Å². The largest absolute Gasteiger partial charge is 0.462 e. The van der Waals surface area contributed by atoms with E-state index in [1.54, 1.807) is 0 Å². The van der Waals surface area contributed by atoms with E-state index in [1.165, 1.54) is 193 Å². The summed E-state index contributed by atoms with van der Waals surface area (Å²) in [6, 6.07) is 0. The molecule has 0 aliphatic heterocycles. The summed E-state index contributed by atoms with van der Waals surface area (Å²) in [4.78, 5) is 38.2. The highest BCUT2D eigenvalue weighted by atomic mass is 16.6. The van der Waals surface area contributed by atoms with Gasteiger partial charge < -0.3 is 14.2 Å². The fraction of sp³-hybridized carbons (Fsp3) is 0.812. The van der Waals surface area contributed by atoms with Gasteiger partial charge in [-0.3, -0.25) is 14.4 Å². The maximum Gasteiger partial charge on any atom is 0.306 e. The normalized spacial score (nSPS) is 12.4. The zero-order valence-electron chi connectivity index (χ0n) is 50.1. The van der Waals surface area contributed by atoms with Gasteiger partial charge in [0.15, 0.2) is 6.10 Å². The van der Waals surface area contributed by atoms with Gasteiger partial charge in [-0.25, -0.2) is 0 Å². The molecule has 0 fully saturated rings. The number of hydrogen-bond acceptors (Lipinski definition) is 6. The Morgan fingerprint density at radius 3 is 0.813 bits per heavy atom. The first kappa shape index (κ1) is 72.1. The third-order valence-corrected chi connectivity index (χ3v) is 14.5. The standard InChI is InChI=1S/C69H124O6/c1-4-7-10-13-16-19-21-23-25-27-29-31-32-33-34-35-36-38-39-41-43-45-47-50-53-56-59-62-68(71)74-65-66(64-73-67(70)61-58-55-52-49-18-15-12-9-6-3)75-69(72)63-60-57-54-51-48-46-44-42-40-37-30-28-26-24-22-20-17-14-11-8-5-2/h8,11,17,20,24,26,30,37,42,44,66H,4-7,9-10,12-16,18-19,21-23,25,27-29,31-36,38-41,43,45-65H2,1-3H3/b11-8-,20-17-,26-24-,37-30-,44-42-. The Bertz CT molecular complexity index is 1340. The van der Waals surface area contributed by atoms with E-state index in [2.05, 4.69) is 81.5 Å². The van der Waals surface area contributed by atoms with Gasteiger partial charge in [-0.2, -0.15) is 0 Å². The van der Waals surface area contributed by atoms with E-state index in [9.17, 15) is 14.4 Å². The molecule has 0 bridgehead atoms. The van der Waals surface area contributed by atoms with E-state index in [1.807, 2.05) is 0 Å². The lowest BCUT2D eigenvalue weighted by Gasteiger charge is -2.18. The second-order valence-corrected chi connectivity index (χ2v) is 22.0. The van der Waals surface area contributed by atoms with Crippen LogP contribution in [0.15, 0.2) is 60.8 Å². The number of esters is 3. The fourth-order valence-electron chi connectivity index (χ4n) is 9.65. The maximum absolute atomic E-state index is 12.9. The Balaban J connectivity index is 4.17. The molecule has 6 heteroatoms. The molecule has 0 amide bonds. The quantitative estimate of drug-likeness (QED) is 0.0261. The van der Waals surface area contributed by atoms with E-state index in [0.717, 1.165) is 109 Å². The zero-order chi connectivity index (χ0) is 54.3. The SMILES string of the molecule is CC/C=C\C/C=C\C/C=C\C/C=C\C/C=C\CCCCCCCC(=O)OC(COC(=O)CCCCCCCCCCC)COC(=O)CCCCCCCCCCCCCCCCCCCCCCCCCCCCC. The van der Waals surface area contributed by atoms with Gasteiger partial charge in [0.1, 0.15) is 13.2 Å². The summed E-state index contributed by atoms with van der Waals surface area (Å²) in [6.07, 6.45) is 81.1. The van der Waals surface area contributed by atoms with E-state index in [4.69, 9.17) is 14.2 Å². The van der Waals surface area contributed by atoms with Crippen molar-refractivity contribution in [2.24, 2.45) is 0 Å². The van der Waals surface area contributed by atoms with Crippen molar-refractivity contribution in [3.8, 4) is 0 Å². The minimum Gasteiger partial charge on any atom is -0.462 e. The summed E-state index contributed by atoms with van der Waals surface area (Å²) in [5.41, 5.74) is 0. The van der Waals surface area contributed by atoms with Crippen LogP contribution < -0.4 is 0 Å². The molecule has 0 saturated heterocycles. The number of unbranched alkanes of at least 4 members (excludes halogenated alkanes) is 39. The van der Waals surface area contributed by atoms with Gasteiger partial charge in [-0.1, -0.05) is 319 Å². The summed E-state index contributed by atoms with van der Waals surface area (Å²) in [5, 5.41) is 0. The lowest BCUT2D eigenvalue weighted by Crippen LogP contribution is -2.30. The van der Waals surface area contributed by atoms with Crippen LogP contribution in [0.25, 0.3) is 0 Å². The Morgan fingerprint density at radius 2 is 0.520 bits per heavy atom. The van der Waals surface area contributed by atoms with Crippen molar-refractivity contribution < 1.29 is 28.6 Å². The van der Waals surface area contributed by atoms with Gasteiger partial charge in [-0.05, 0) is 64.2 Å². The molecule has 436 valence electrons. The Labute approximate surface area is 466 Å². The highest BCUT2D eigenvalue weighted by molar-refractivity contribution is 5.71. The second kappa shape index (κ2) is 63.6. The molecule has 0 radical (unpaired) electrons. The molecule has 0 aromatic heterocycles. The minimum absolute atomic E-state index is 0.0782. The van der Waals surface area contributed by atoms with Crippen LogP contribution in [0.3, 0.4) is 0 Å². The first-order valence-electron chi connectivity index (χ1n) is 32.8. The van der Waals surface area contributed by atoms with E-state index < -0.39 is 6.10 Å². The van der Waals surface area contributed by atoms with Crippen LogP contribution in [0.5, 0.6) is 0 Å². The molecule has 0 N–H and O–H groups in total. The summed E-state index contributed by atoms with van der Waals surface area (Å²) < 4.78 is 16.9. The Kier molecular flexibility index (Phi) is 61.2. The maximum atomic E-state index is 12.9. The molecule has 0 rings (SSSR count). The highest BCUT2D eigenvalue weighted by Gasteiger charge is 2.19. The molecule has 0 aromatic carbocycles. The average Bonchev–Trinajstić information content (AvgIpc) is 3.41. The average molecular weight is 1050 g/mol. The minimum atomic E-state index is -0.782. The molecular formula is C69H124O6. The number of carbonyl (C=O) groups excluding carboxylic acids is 3. The van der Waals surface area contributed by atoms with E-state index in [-0.39, 0.29) is 31.1 Å². The van der Waals surface area contributed by atoms with Gasteiger partial charge in [0, 0.05) is 19.3 Å². The molecule has 0 saturated carbocycles. The Hall–Kier alpha value is -2.89. The van der Waals surface area contributed by atoms with Gasteiger partial charge >= 0.3 is 17.9 Å². The highest BCUT2D eigenvalue weighted by Crippen LogP contribution is 2.18. The monoisotopic (exact) mass is 1050 g/mol. The van der Waals surface area contributed by atoms with Gasteiger partial charge in [-0.15, -0.1) is 0 Å². The molecule has 1 atom stereocenters. The van der Waals surface area contributed by atoms with Crippen LogP contribution in [0, 0.1) is 0 Å². The molecule has 6 nitrogen and oxygen atoms in total. The number of hydrogen-bond donors (Lipinski definition) is 0. The predicted molar refractivity (Wildman–Crippen MR) is 325 cm³/mol. The molecule has 0 aliphatic rings. The summed E-state index contributed by atoms with van der Waals surface area (Å²) in [5.74, 6) is -0.882. The van der Waals surface area contributed by atoms with Crippen molar-refractivity contribution in [2.45, 2.75) is 348 Å². The van der Waals surface area contributed by atoms with Crippen LogP contribution in [0.1, 0.15) is 342 Å². The smallest absolute Gasteiger partial charge is 0.306 e. The lowest BCUT2D eigenvalue weighted by atomic mass is 10.0. The third-order valence-electron chi connectivity index (χ3n) is 14.5. The molecule has 0 aromatic rings. The summed E-state index contributed by atoms with van der Waals surface area (Å²) in [6.45, 7) is 6.54. The molecular weight excluding hydrogens is 925 g/mol. The summed E-state index contributed by atoms with van der Waals surface area (Å²) in [7, 11) is 0. The van der Waals surface area contributed by atoms with E-state index >= 15 is 0 Å². The fourth-order valence-corrected chi connectivity index (χ4v) is 9.65. The molecule has 0 heterocycles. The van der Waals surface area contributed by atoms with Crippen LogP contribution >= 0.6 is 0 Å². The zero-order valence-corrected chi connectivity index (χ0v) is 50.1. The molecule has 1 unspecified atom stereocenters. The van der Waals surface area contributed by atoms with Gasteiger partial charge in [0.25, 0.3) is 0 Å². The second-order valence-electron chi connectivity index (χ2n) is 22.0. The summed E-state index contributed by atoms with van der Waals surface area (Å²) >= 11 is 0. The van der Waals surface area contributed by atoms with Gasteiger partial charge in [0.05, 0.1) is 0 Å². The first-order valence-corrected chi connectivity index (χ1v) is 32.8. The van der Waals surface area contributed by atoms with Crippen molar-refractivity contribution >= 4 is 17.9 Å². The van der Waals surface area contributed by atoms with Crippen molar-refractivity contribution in [3.63, 3.8) is 0 Å². The topological polar surface area (TPSA) is 78.9 Å². The first-order chi connectivity index (χ1) is 37.0. The van der Waals surface area contributed by atoms with Gasteiger partial charge in [0.2, 0.25) is 0 Å². The number of ether oxygens (including phenoxy) is 3. The number of rotatable bonds is 60. The van der Waals surface area contributed by atoms with E-state index in [0.29, 0.717) is 19.3 Å². The van der Waals surface area contributed by atoms with Crippen molar-refractivity contribution in [3.05, 3.63) is 60.8 Å². The van der Waals surface area contributed by atoms with Crippen LogP contribution in [0.4, 0.5) is 0 Å². The van der Waals surface area contributed by atoms with Crippen molar-refractivity contribution in [1.82, 2.24) is 0 Å². The van der Waals surface area contributed by atoms with Crippen LogP contribution in [-0.4, -0.2) is 37.2 Å². The number of allylic oxidation sites excluding steroid dienone is 10. The third kappa shape index (κ3) is 61.8.